The molecule has 0 saturated heterocycles. The monoisotopic (exact) mass is 357 g/mol. The first-order valence-electron chi connectivity index (χ1n) is 7.25. The molecule has 0 spiro atoms. The molecule has 0 heterocycles. The van der Waals surface area contributed by atoms with Crippen LogP contribution in [0, 0.1) is 11.8 Å². The molecule has 1 aliphatic carbocycles. The van der Waals surface area contributed by atoms with Gasteiger partial charge in [0, 0.05) is 15.5 Å². The summed E-state index contributed by atoms with van der Waals surface area (Å²) in [5, 5.41) is 3.79. The molecule has 0 aliphatic heterocycles. The molecule has 1 aromatic carbocycles. The van der Waals surface area contributed by atoms with E-state index in [-0.39, 0.29) is 11.9 Å². The molecule has 2 atom stereocenters. The zero-order valence-corrected chi connectivity index (χ0v) is 14.3. The highest BCUT2D eigenvalue weighted by molar-refractivity contribution is 9.10. The van der Waals surface area contributed by atoms with Crippen molar-refractivity contribution in [3.63, 3.8) is 0 Å². The van der Waals surface area contributed by atoms with Crippen LogP contribution in [0.2, 0.25) is 5.02 Å². The lowest BCUT2D eigenvalue weighted by Crippen LogP contribution is -2.44. The first kappa shape index (κ1) is 15.8. The molecule has 2 unspecified atom stereocenters. The van der Waals surface area contributed by atoms with Crippen molar-refractivity contribution in [3.05, 3.63) is 33.3 Å². The Hall–Kier alpha value is -0.540. The molecule has 2 rings (SSSR count). The molecule has 1 aromatic rings. The molecule has 2 nitrogen and oxygen atoms in total. The summed E-state index contributed by atoms with van der Waals surface area (Å²) in [5.74, 6) is 1.14. The number of hydrogen-bond acceptors (Lipinski definition) is 1. The van der Waals surface area contributed by atoms with Crippen LogP contribution in [-0.4, -0.2) is 11.9 Å². The van der Waals surface area contributed by atoms with Crippen LogP contribution < -0.4 is 5.32 Å². The lowest BCUT2D eigenvalue weighted by Gasteiger charge is -2.35. The number of benzene rings is 1. The van der Waals surface area contributed by atoms with Gasteiger partial charge in [-0.2, -0.15) is 0 Å². The number of carbonyl (C=O) groups excluding carboxylic acids is 1. The first-order chi connectivity index (χ1) is 9.49. The highest BCUT2D eigenvalue weighted by atomic mass is 79.9. The van der Waals surface area contributed by atoms with Crippen molar-refractivity contribution in [1.29, 1.82) is 0 Å². The van der Waals surface area contributed by atoms with Crippen molar-refractivity contribution in [2.24, 2.45) is 11.8 Å². The predicted molar refractivity (Wildman–Crippen MR) is 87.2 cm³/mol. The van der Waals surface area contributed by atoms with Gasteiger partial charge in [0.2, 0.25) is 0 Å². The van der Waals surface area contributed by atoms with Gasteiger partial charge in [0.15, 0.2) is 0 Å². The average Bonchev–Trinajstić information content (AvgIpc) is 2.41. The third-order valence-electron chi connectivity index (χ3n) is 4.17. The summed E-state index contributed by atoms with van der Waals surface area (Å²) in [7, 11) is 0. The highest BCUT2D eigenvalue weighted by Crippen LogP contribution is 2.31. The van der Waals surface area contributed by atoms with Crippen molar-refractivity contribution in [3.8, 4) is 0 Å². The van der Waals surface area contributed by atoms with Crippen LogP contribution >= 0.6 is 27.5 Å². The molecule has 1 saturated carbocycles. The van der Waals surface area contributed by atoms with Gasteiger partial charge in [-0.1, -0.05) is 38.3 Å². The van der Waals surface area contributed by atoms with Gasteiger partial charge in [0.25, 0.3) is 5.91 Å². The molecule has 1 aliphatic rings. The number of rotatable bonds is 3. The van der Waals surface area contributed by atoms with Gasteiger partial charge in [-0.25, -0.2) is 0 Å². The van der Waals surface area contributed by atoms with E-state index in [9.17, 15) is 4.79 Å². The van der Waals surface area contributed by atoms with Gasteiger partial charge >= 0.3 is 0 Å². The minimum atomic E-state index is -0.0306. The third-order valence-corrected chi connectivity index (χ3v) is 5.09. The molecule has 1 N–H and O–H groups in total. The molecule has 0 radical (unpaired) electrons. The number of carbonyl (C=O) groups is 1. The fourth-order valence-electron chi connectivity index (χ4n) is 3.05. The number of amides is 1. The second-order valence-corrected chi connectivity index (χ2v) is 7.19. The Morgan fingerprint density at radius 1 is 1.35 bits per heavy atom. The Balaban J connectivity index is 2.11. The number of hydrogen-bond donors (Lipinski definition) is 1. The largest absolute Gasteiger partial charge is 0.349 e. The molecule has 1 fully saturated rings. The van der Waals surface area contributed by atoms with E-state index in [2.05, 4.69) is 35.1 Å². The van der Waals surface area contributed by atoms with Gasteiger partial charge in [-0.15, -0.1) is 0 Å². The highest BCUT2D eigenvalue weighted by Gasteiger charge is 2.29. The van der Waals surface area contributed by atoms with Crippen molar-refractivity contribution in [2.45, 2.75) is 45.6 Å². The molecule has 1 amide bonds. The van der Waals surface area contributed by atoms with E-state index >= 15 is 0 Å². The Bertz CT molecular complexity index is 489. The Kier molecular flexibility index (Phi) is 5.50. The minimum Gasteiger partial charge on any atom is -0.349 e. The second-order valence-electron chi connectivity index (χ2n) is 5.90. The van der Waals surface area contributed by atoms with Crippen molar-refractivity contribution in [2.75, 3.05) is 0 Å². The van der Waals surface area contributed by atoms with E-state index in [1.165, 1.54) is 19.3 Å². The Labute approximate surface area is 134 Å². The van der Waals surface area contributed by atoms with E-state index in [0.717, 1.165) is 10.9 Å². The Morgan fingerprint density at radius 2 is 2.05 bits per heavy atom. The fraction of sp³-hybridized carbons (Fsp3) is 0.562. The van der Waals surface area contributed by atoms with Gasteiger partial charge in [-0.3, -0.25) is 4.79 Å². The maximum Gasteiger partial charge on any atom is 0.252 e. The van der Waals surface area contributed by atoms with Crippen molar-refractivity contribution >= 4 is 33.4 Å². The van der Waals surface area contributed by atoms with Crippen molar-refractivity contribution in [1.82, 2.24) is 5.32 Å². The molecule has 110 valence electrons. The van der Waals surface area contributed by atoms with Crippen LogP contribution in [0.25, 0.3) is 0 Å². The molecule has 20 heavy (non-hydrogen) atoms. The quantitative estimate of drug-likeness (QED) is 0.805. The summed E-state index contributed by atoms with van der Waals surface area (Å²) >= 11 is 9.40. The number of nitrogens with one attached hydrogen (secondary N) is 1. The van der Waals surface area contributed by atoms with Crippen LogP contribution in [-0.2, 0) is 0 Å². The topological polar surface area (TPSA) is 29.1 Å². The van der Waals surface area contributed by atoms with Gasteiger partial charge in [0.1, 0.15) is 0 Å². The minimum absolute atomic E-state index is 0.0306. The third kappa shape index (κ3) is 3.76. The normalized spacial score (nSPS) is 22.9. The van der Waals surface area contributed by atoms with E-state index < -0.39 is 0 Å². The predicted octanol–water partition coefficient (Wildman–Crippen LogP) is 5.05. The maximum atomic E-state index is 12.5. The van der Waals surface area contributed by atoms with Gasteiger partial charge in [0.05, 0.1) is 5.56 Å². The molecule has 0 aromatic heterocycles. The standard InChI is InChI=1S/C16H21BrClNO/c1-10(2)12-5-3-4-6-15(12)19-16(20)13-9-11(18)7-8-14(13)17/h7-10,12,15H,3-6H2,1-2H3,(H,19,20). The Morgan fingerprint density at radius 3 is 2.75 bits per heavy atom. The zero-order valence-electron chi connectivity index (χ0n) is 12.0. The molecule has 0 bridgehead atoms. The smallest absolute Gasteiger partial charge is 0.252 e. The van der Waals surface area contributed by atoms with E-state index in [4.69, 9.17) is 11.6 Å². The molecular formula is C16H21BrClNO. The van der Waals surface area contributed by atoms with Crippen LogP contribution in [0.4, 0.5) is 0 Å². The van der Waals surface area contributed by atoms with Crippen LogP contribution in [0.1, 0.15) is 49.9 Å². The molecular weight excluding hydrogens is 338 g/mol. The average molecular weight is 359 g/mol. The summed E-state index contributed by atoms with van der Waals surface area (Å²) in [6.45, 7) is 4.48. The maximum absolute atomic E-state index is 12.5. The zero-order chi connectivity index (χ0) is 14.7. The van der Waals surface area contributed by atoms with E-state index in [0.29, 0.717) is 22.4 Å². The van der Waals surface area contributed by atoms with Crippen LogP contribution in [0.5, 0.6) is 0 Å². The second kappa shape index (κ2) is 6.95. The van der Waals surface area contributed by atoms with Crippen molar-refractivity contribution < 1.29 is 4.79 Å². The molecule has 4 heteroatoms. The summed E-state index contributed by atoms with van der Waals surface area (Å²) in [6.07, 6.45) is 4.76. The number of halogens is 2. The summed E-state index contributed by atoms with van der Waals surface area (Å²) in [6, 6.07) is 5.59. The summed E-state index contributed by atoms with van der Waals surface area (Å²) in [5.41, 5.74) is 0.616. The van der Waals surface area contributed by atoms with E-state index in [1.807, 2.05) is 6.07 Å². The van der Waals surface area contributed by atoms with E-state index in [1.54, 1.807) is 12.1 Å². The lowest BCUT2D eigenvalue weighted by atomic mass is 9.78. The SMILES string of the molecule is CC(C)C1CCCCC1NC(=O)c1cc(Cl)ccc1Br. The first-order valence-corrected chi connectivity index (χ1v) is 8.42. The van der Waals surface area contributed by atoms with Crippen LogP contribution in [0.3, 0.4) is 0 Å². The van der Waals surface area contributed by atoms with Gasteiger partial charge < -0.3 is 5.32 Å². The van der Waals surface area contributed by atoms with Gasteiger partial charge in [-0.05, 0) is 58.8 Å². The summed E-state index contributed by atoms with van der Waals surface area (Å²) in [4.78, 5) is 12.5. The summed E-state index contributed by atoms with van der Waals surface area (Å²) < 4.78 is 0.788. The lowest BCUT2D eigenvalue weighted by molar-refractivity contribution is 0.0888. The van der Waals surface area contributed by atoms with Crippen LogP contribution in [0.15, 0.2) is 22.7 Å². The fourth-order valence-corrected chi connectivity index (χ4v) is 3.65.